The third kappa shape index (κ3) is 1.70. The maximum atomic E-state index is 5.70. The van der Waals surface area contributed by atoms with Gasteiger partial charge in [-0.25, -0.2) is 0 Å². The molecule has 0 aliphatic rings. The first-order chi connectivity index (χ1) is 8.78. The van der Waals surface area contributed by atoms with Gasteiger partial charge < -0.3 is 15.0 Å². The van der Waals surface area contributed by atoms with E-state index in [1.54, 1.807) is 7.11 Å². The van der Waals surface area contributed by atoms with Crippen molar-refractivity contribution in [1.82, 2.24) is 4.57 Å². The molecular weight excluding hydrogens is 224 g/mol. The molecule has 3 heteroatoms. The molecule has 0 atom stereocenters. The van der Waals surface area contributed by atoms with Gasteiger partial charge in [0, 0.05) is 23.0 Å². The first-order valence-electron chi connectivity index (χ1n) is 5.79. The Morgan fingerprint density at radius 2 is 1.78 bits per heavy atom. The van der Waals surface area contributed by atoms with Crippen LogP contribution in [0, 0.1) is 0 Å². The largest absolute Gasteiger partial charge is 0.497 e. The normalized spacial score (nSPS) is 10.7. The van der Waals surface area contributed by atoms with Crippen molar-refractivity contribution in [3.63, 3.8) is 0 Å². The van der Waals surface area contributed by atoms with Crippen LogP contribution in [0.4, 0.5) is 5.69 Å². The molecule has 90 valence electrons. The number of hydrogen-bond acceptors (Lipinski definition) is 2. The molecule has 0 radical (unpaired) electrons. The minimum atomic E-state index is 0.775. The zero-order valence-corrected chi connectivity index (χ0v) is 10.1. The molecule has 2 aromatic carbocycles. The molecule has 0 amide bonds. The van der Waals surface area contributed by atoms with Gasteiger partial charge in [0.1, 0.15) is 5.75 Å². The fourth-order valence-electron chi connectivity index (χ4n) is 2.11. The molecule has 3 aromatic rings. The van der Waals surface area contributed by atoms with Gasteiger partial charge in [0.25, 0.3) is 0 Å². The number of anilines is 1. The number of nitrogen functional groups attached to an aromatic ring is 1. The molecule has 0 aliphatic carbocycles. The van der Waals surface area contributed by atoms with Crippen LogP contribution in [0.5, 0.6) is 5.75 Å². The van der Waals surface area contributed by atoms with E-state index in [0.717, 1.165) is 28.0 Å². The summed E-state index contributed by atoms with van der Waals surface area (Å²) in [7, 11) is 1.68. The summed E-state index contributed by atoms with van der Waals surface area (Å²) in [5.41, 5.74) is 8.73. The van der Waals surface area contributed by atoms with Gasteiger partial charge in [-0.15, -0.1) is 0 Å². The Balaban J connectivity index is 2.15. The average molecular weight is 238 g/mol. The van der Waals surface area contributed by atoms with Crippen molar-refractivity contribution in [1.29, 1.82) is 0 Å². The molecule has 1 aromatic heterocycles. The maximum Gasteiger partial charge on any atom is 0.119 e. The Morgan fingerprint density at radius 3 is 2.50 bits per heavy atom. The molecule has 0 saturated heterocycles. The number of ether oxygens (including phenoxy) is 1. The van der Waals surface area contributed by atoms with E-state index >= 15 is 0 Å². The van der Waals surface area contributed by atoms with Crippen LogP contribution in [0.25, 0.3) is 16.6 Å². The van der Waals surface area contributed by atoms with Crippen LogP contribution in [-0.4, -0.2) is 11.7 Å². The number of nitrogens with zero attached hydrogens (tertiary/aromatic N) is 1. The Morgan fingerprint density at radius 1 is 1.00 bits per heavy atom. The number of aromatic nitrogens is 1. The summed E-state index contributed by atoms with van der Waals surface area (Å²) in [6.45, 7) is 0. The molecule has 0 aliphatic heterocycles. The van der Waals surface area contributed by atoms with Gasteiger partial charge in [0.2, 0.25) is 0 Å². The lowest BCUT2D eigenvalue weighted by molar-refractivity contribution is 0.415. The van der Waals surface area contributed by atoms with Crippen molar-refractivity contribution in [2.45, 2.75) is 0 Å². The van der Waals surface area contributed by atoms with Gasteiger partial charge in [0.05, 0.1) is 12.6 Å². The highest BCUT2D eigenvalue weighted by Crippen LogP contribution is 2.24. The zero-order valence-electron chi connectivity index (χ0n) is 10.1. The van der Waals surface area contributed by atoms with Gasteiger partial charge in [-0.2, -0.15) is 0 Å². The summed E-state index contributed by atoms with van der Waals surface area (Å²) >= 11 is 0. The summed E-state index contributed by atoms with van der Waals surface area (Å²) in [4.78, 5) is 0. The second-order valence-electron chi connectivity index (χ2n) is 4.20. The van der Waals surface area contributed by atoms with Crippen LogP contribution in [0.1, 0.15) is 0 Å². The number of rotatable bonds is 2. The van der Waals surface area contributed by atoms with Crippen LogP contribution in [0.2, 0.25) is 0 Å². The lowest BCUT2D eigenvalue weighted by atomic mass is 10.2. The highest BCUT2D eigenvalue weighted by atomic mass is 16.5. The summed E-state index contributed by atoms with van der Waals surface area (Å²) in [5.74, 6) is 0.873. The quantitative estimate of drug-likeness (QED) is 0.696. The Labute approximate surface area is 105 Å². The highest BCUT2D eigenvalue weighted by Gasteiger charge is 2.04. The van der Waals surface area contributed by atoms with E-state index in [1.165, 1.54) is 0 Å². The van der Waals surface area contributed by atoms with Crippen molar-refractivity contribution in [2.24, 2.45) is 0 Å². The van der Waals surface area contributed by atoms with Crippen LogP contribution in [0.15, 0.2) is 54.7 Å². The van der Waals surface area contributed by atoms with E-state index in [-0.39, 0.29) is 0 Å². The van der Waals surface area contributed by atoms with E-state index < -0.39 is 0 Å². The number of benzene rings is 2. The van der Waals surface area contributed by atoms with E-state index in [2.05, 4.69) is 22.9 Å². The highest BCUT2D eigenvalue weighted by molar-refractivity contribution is 5.83. The Bertz CT molecular complexity index is 683. The number of nitrogens with two attached hydrogens (primary N) is 1. The molecule has 18 heavy (non-hydrogen) atoms. The van der Waals surface area contributed by atoms with E-state index in [0.29, 0.717) is 0 Å². The fourth-order valence-corrected chi connectivity index (χ4v) is 2.11. The number of hydrogen-bond donors (Lipinski definition) is 1. The second-order valence-corrected chi connectivity index (χ2v) is 4.20. The minimum absolute atomic E-state index is 0.775. The van der Waals surface area contributed by atoms with E-state index in [4.69, 9.17) is 10.5 Å². The molecule has 2 N–H and O–H groups in total. The molecule has 0 fully saturated rings. The lowest BCUT2D eigenvalue weighted by Gasteiger charge is -2.06. The van der Waals surface area contributed by atoms with Crippen molar-refractivity contribution < 1.29 is 4.74 Å². The topological polar surface area (TPSA) is 40.2 Å². The van der Waals surface area contributed by atoms with E-state index in [9.17, 15) is 0 Å². The first-order valence-corrected chi connectivity index (χ1v) is 5.79. The lowest BCUT2D eigenvalue weighted by Crippen LogP contribution is -1.92. The molecule has 3 rings (SSSR count). The summed E-state index contributed by atoms with van der Waals surface area (Å²) in [6.07, 6.45) is 2.05. The van der Waals surface area contributed by atoms with Crippen LogP contribution in [-0.2, 0) is 0 Å². The number of methoxy groups -OCH3 is 1. The molecule has 0 saturated carbocycles. The average Bonchev–Trinajstić information content (AvgIpc) is 2.82. The van der Waals surface area contributed by atoms with Gasteiger partial charge in [-0.1, -0.05) is 0 Å². The predicted octanol–water partition coefficient (Wildman–Crippen LogP) is 3.22. The van der Waals surface area contributed by atoms with Crippen LogP contribution < -0.4 is 10.5 Å². The third-order valence-corrected chi connectivity index (χ3v) is 3.07. The van der Waals surface area contributed by atoms with Gasteiger partial charge in [-0.3, -0.25) is 0 Å². The van der Waals surface area contributed by atoms with Crippen molar-refractivity contribution >= 4 is 16.6 Å². The number of fused-ring (bicyclic) bond motifs is 1. The summed E-state index contributed by atoms with van der Waals surface area (Å²) in [6, 6.07) is 16.0. The van der Waals surface area contributed by atoms with Crippen molar-refractivity contribution in [2.75, 3.05) is 12.8 Å². The van der Waals surface area contributed by atoms with Crippen molar-refractivity contribution in [3.05, 3.63) is 54.7 Å². The van der Waals surface area contributed by atoms with Crippen LogP contribution >= 0.6 is 0 Å². The first kappa shape index (κ1) is 10.7. The van der Waals surface area contributed by atoms with Crippen LogP contribution in [0.3, 0.4) is 0 Å². The smallest absolute Gasteiger partial charge is 0.119 e. The van der Waals surface area contributed by atoms with Gasteiger partial charge >= 0.3 is 0 Å². The Kier molecular flexibility index (Phi) is 2.45. The summed E-state index contributed by atoms with van der Waals surface area (Å²) in [5, 5.41) is 1.16. The molecule has 0 unspecified atom stereocenters. The molecular formula is C15H14N2O. The molecule has 0 bridgehead atoms. The minimum Gasteiger partial charge on any atom is -0.497 e. The van der Waals surface area contributed by atoms with Crippen molar-refractivity contribution in [3.8, 4) is 11.4 Å². The Hall–Kier alpha value is -2.42. The molecule has 0 spiro atoms. The monoisotopic (exact) mass is 238 g/mol. The molecule has 1 heterocycles. The second kappa shape index (κ2) is 4.11. The third-order valence-electron chi connectivity index (χ3n) is 3.07. The SMILES string of the molecule is COc1ccc2c(ccn2-c2ccc(N)cc2)c1. The maximum absolute atomic E-state index is 5.70. The fraction of sp³-hybridized carbons (Fsp3) is 0.0667. The van der Waals surface area contributed by atoms with E-state index in [1.807, 2.05) is 36.4 Å². The standard InChI is InChI=1S/C15H14N2O/c1-18-14-6-7-15-11(10-14)8-9-17(15)13-4-2-12(16)3-5-13/h2-10H,16H2,1H3. The van der Waals surface area contributed by atoms with Gasteiger partial charge in [-0.05, 0) is 48.5 Å². The zero-order chi connectivity index (χ0) is 12.5. The predicted molar refractivity (Wildman–Crippen MR) is 74.2 cm³/mol. The summed E-state index contributed by atoms with van der Waals surface area (Å²) < 4.78 is 7.36. The van der Waals surface area contributed by atoms with Gasteiger partial charge in [0.15, 0.2) is 0 Å². The molecule has 3 nitrogen and oxygen atoms in total.